The lowest BCUT2D eigenvalue weighted by Gasteiger charge is -2.14. The number of anilines is 1. The first-order valence-corrected chi connectivity index (χ1v) is 6.17. The molecule has 0 fully saturated rings. The van der Waals surface area contributed by atoms with Gasteiger partial charge in [-0.1, -0.05) is 18.5 Å². The Morgan fingerprint density at radius 1 is 1.63 bits per heavy atom. The van der Waals surface area contributed by atoms with Crippen LogP contribution >= 0.6 is 11.6 Å². The molecule has 1 heterocycles. The van der Waals surface area contributed by atoms with E-state index in [9.17, 15) is 14.9 Å². The number of hydrogen-bond acceptors (Lipinski definition) is 5. The van der Waals surface area contributed by atoms with Gasteiger partial charge in [0.15, 0.2) is 0 Å². The van der Waals surface area contributed by atoms with Crippen molar-refractivity contribution in [1.82, 2.24) is 10.3 Å². The van der Waals surface area contributed by atoms with Gasteiger partial charge >= 0.3 is 5.69 Å². The Kier molecular flexibility index (Phi) is 5.50. The van der Waals surface area contributed by atoms with Crippen molar-refractivity contribution in [3.8, 4) is 0 Å². The van der Waals surface area contributed by atoms with Gasteiger partial charge in [0, 0.05) is 18.8 Å². The minimum Gasteiger partial charge on any atom is -0.354 e. The van der Waals surface area contributed by atoms with Gasteiger partial charge in [-0.3, -0.25) is 14.9 Å². The van der Waals surface area contributed by atoms with Gasteiger partial charge in [-0.15, -0.1) is 0 Å². The zero-order valence-electron chi connectivity index (χ0n) is 10.6. The summed E-state index contributed by atoms with van der Waals surface area (Å²) in [5, 5.41) is 16.4. The van der Waals surface area contributed by atoms with Gasteiger partial charge in [0.05, 0.1) is 9.95 Å². The Bertz CT molecular complexity index is 481. The molecule has 0 aliphatic heterocycles. The van der Waals surface area contributed by atoms with Gasteiger partial charge in [-0.25, -0.2) is 4.98 Å². The summed E-state index contributed by atoms with van der Waals surface area (Å²) in [7, 11) is 0. The molecule has 1 atom stereocenters. The number of aromatic nitrogens is 1. The number of rotatable bonds is 6. The van der Waals surface area contributed by atoms with E-state index in [0.29, 0.717) is 6.54 Å². The molecule has 8 heteroatoms. The van der Waals surface area contributed by atoms with Gasteiger partial charge in [0.25, 0.3) is 0 Å². The Morgan fingerprint density at radius 2 is 2.32 bits per heavy atom. The van der Waals surface area contributed by atoms with Crippen molar-refractivity contribution in [2.24, 2.45) is 0 Å². The van der Waals surface area contributed by atoms with Crippen LogP contribution in [0.4, 0.5) is 11.5 Å². The van der Waals surface area contributed by atoms with Crippen molar-refractivity contribution < 1.29 is 9.72 Å². The van der Waals surface area contributed by atoms with Crippen molar-refractivity contribution in [2.75, 3.05) is 11.9 Å². The van der Waals surface area contributed by atoms with Gasteiger partial charge < -0.3 is 10.6 Å². The molecule has 0 saturated heterocycles. The van der Waals surface area contributed by atoms with E-state index < -0.39 is 11.0 Å². The zero-order valence-corrected chi connectivity index (χ0v) is 11.4. The van der Waals surface area contributed by atoms with Gasteiger partial charge in [0.1, 0.15) is 6.04 Å². The number of nitrogens with one attached hydrogen (secondary N) is 2. The molecule has 0 bridgehead atoms. The van der Waals surface area contributed by atoms with E-state index >= 15 is 0 Å². The minimum atomic E-state index is -0.626. The average Bonchev–Trinajstić information content (AvgIpc) is 2.37. The van der Waals surface area contributed by atoms with E-state index in [0.717, 1.165) is 6.42 Å². The maximum Gasteiger partial charge on any atom is 0.312 e. The molecule has 0 aliphatic rings. The van der Waals surface area contributed by atoms with Crippen LogP contribution in [0.2, 0.25) is 5.02 Å². The summed E-state index contributed by atoms with van der Waals surface area (Å²) in [5.74, 6) is -0.221. The molecule has 1 unspecified atom stereocenters. The third kappa shape index (κ3) is 4.36. The number of hydrogen-bond donors (Lipinski definition) is 2. The zero-order chi connectivity index (χ0) is 14.4. The lowest BCUT2D eigenvalue weighted by Crippen LogP contribution is -2.38. The molecule has 19 heavy (non-hydrogen) atoms. The van der Waals surface area contributed by atoms with E-state index in [-0.39, 0.29) is 22.4 Å². The minimum absolute atomic E-state index is 0.0218. The van der Waals surface area contributed by atoms with Crippen LogP contribution in [0.3, 0.4) is 0 Å². The second kappa shape index (κ2) is 6.89. The molecule has 0 aliphatic carbocycles. The fourth-order valence-electron chi connectivity index (χ4n) is 1.35. The highest BCUT2D eigenvalue weighted by atomic mass is 35.5. The average molecular weight is 287 g/mol. The molecule has 0 saturated carbocycles. The molecule has 0 aromatic carbocycles. The van der Waals surface area contributed by atoms with Crippen LogP contribution in [0.25, 0.3) is 0 Å². The van der Waals surface area contributed by atoms with Gasteiger partial charge in [-0.2, -0.15) is 0 Å². The fourth-order valence-corrected chi connectivity index (χ4v) is 1.50. The molecular formula is C11H15ClN4O3. The van der Waals surface area contributed by atoms with Crippen molar-refractivity contribution in [3.05, 3.63) is 27.4 Å². The number of amides is 1. The molecule has 1 aromatic rings. The highest BCUT2D eigenvalue weighted by molar-refractivity contribution is 6.30. The number of carbonyl (C=O) groups is 1. The second-order valence-electron chi connectivity index (χ2n) is 3.94. The van der Waals surface area contributed by atoms with Crippen LogP contribution < -0.4 is 10.6 Å². The van der Waals surface area contributed by atoms with Gasteiger partial charge in [0.2, 0.25) is 11.7 Å². The molecule has 104 valence electrons. The quantitative estimate of drug-likeness (QED) is 0.615. The number of nitro groups is 1. The molecule has 2 N–H and O–H groups in total. The number of pyridine rings is 1. The molecule has 1 rings (SSSR count). The molecule has 1 amide bonds. The summed E-state index contributed by atoms with van der Waals surface area (Å²) in [6.45, 7) is 4.09. The number of nitrogens with zero attached hydrogens (tertiary/aromatic N) is 2. The Labute approximate surface area is 115 Å². The summed E-state index contributed by atoms with van der Waals surface area (Å²) >= 11 is 5.65. The first-order valence-electron chi connectivity index (χ1n) is 5.80. The Hall–Kier alpha value is -1.89. The van der Waals surface area contributed by atoms with Crippen LogP contribution in [-0.4, -0.2) is 28.4 Å². The number of carbonyl (C=O) groups excluding carboxylic acids is 1. The van der Waals surface area contributed by atoms with Crippen molar-refractivity contribution in [1.29, 1.82) is 0 Å². The summed E-state index contributed by atoms with van der Waals surface area (Å²) < 4.78 is 0. The first-order chi connectivity index (χ1) is 8.95. The number of halogens is 1. The SMILES string of the molecule is CCCNC(=O)C(C)Nc1ncc(Cl)cc1[N+](=O)[O-]. The van der Waals surface area contributed by atoms with Crippen LogP contribution in [0.5, 0.6) is 0 Å². The Balaban J connectivity index is 2.81. The van der Waals surface area contributed by atoms with Crippen molar-refractivity contribution in [2.45, 2.75) is 26.3 Å². The molecular weight excluding hydrogens is 272 g/mol. The van der Waals surface area contributed by atoms with Gasteiger partial charge in [-0.05, 0) is 13.3 Å². The topological polar surface area (TPSA) is 97.2 Å². The van der Waals surface area contributed by atoms with E-state index in [1.54, 1.807) is 6.92 Å². The van der Waals surface area contributed by atoms with Crippen molar-refractivity contribution in [3.63, 3.8) is 0 Å². The Morgan fingerprint density at radius 3 is 2.89 bits per heavy atom. The maximum atomic E-state index is 11.7. The van der Waals surface area contributed by atoms with Crippen LogP contribution in [-0.2, 0) is 4.79 Å². The van der Waals surface area contributed by atoms with Crippen LogP contribution in [0.1, 0.15) is 20.3 Å². The van der Waals surface area contributed by atoms with E-state index in [1.165, 1.54) is 12.3 Å². The van der Waals surface area contributed by atoms with E-state index in [1.807, 2.05) is 6.92 Å². The predicted octanol–water partition coefficient (Wildman–Crippen LogP) is 1.97. The van der Waals surface area contributed by atoms with E-state index in [2.05, 4.69) is 15.6 Å². The highest BCUT2D eigenvalue weighted by Gasteiger charge is 2.20. The first kappa shape index (κ1) is 15.2. The third-order valence-corrected chi connectivity index (χ3v) is 2.53. The molecule has 0 spiro atoms. The standard InChI is InChI=1S/C11H15ClN4O3/c1-3-4-13-11(17)7(2)15-10-9(16(18)19)5-8(12)6-14-10/h5-7H,3-4H2,1-2H3,(H,13,17)(H,14,15). The molecule has 7 nitrogen and oxygen atoms in total. The summed E-state index contributed by atoms with van der Waals surface area (Å²) in [6.07, 6.45) is 2.10. The highest BCUT2D eigenvalue weighted by Crippen LogP contribution is 2.25. The normalized spacial score (nSPS) is 11.7. The molecule has 0 radical (unpaired) electrons. The van der Waals surface area contributed by atoms with E-state index in [4.69, 9.17) is 11.6 Å². The fraction of sp³-hybridized carbons (Fsp3) is 0.455. The predicted molar refractivity (Wildman–Crippen MR) is 72.3 cm³/mol. The van der Waals surface area contributed by atoms with Crippen LogP contribution in [0, 0.1) is 10.1 Å². The summed E-state index contributed by atoms with van der Waals surface area (Å²) in [4.78, 5) is 25.8. The lowest BCUT2D eigenvalue weighted by atomic mass is 10.3. The third-order valence-electron chi connectivity index (χ3n) is 2.33. The largest absolute Gasteiger partial charge is 0.354 e. The lowest BCUT2D eigenvalue weighted by molar-refractivity contribution is -0.384. The monoisotopic (exact) mass is 286 g/mol. The summed E-state index contributed by atoms with van der Waals surface area (Å²) in [6, 6.07) is 0.562. The summed E-state index contributed by atoms with van der Waals surface area (Å²) in [5.41, 5.74) is -0.261. The maximum absolute atomic E-state index is 11.7. The second-order valence-corrected chi connectivity index (χ2v) is 4.37. The van der Waals surface area contributed by atoms with Crippen molar-refractivity contribution >= 4 is 29.0 Å². The van der Waals surface area contributed by atoms with Crippen LogP contribution in [0.15, 0.2) is 12.3 Å². The smallest absolute Gasteiger partial charge is 0.312 e. The molecule has 1 aromatic heterocycles.